The molecule has 3 atom stereocenters. The molecular formula is C31H36N6O6S3. The summed E-state index contributed by atoms with van der Waals surface area (Å²) in [5.41, 5.74) is 1.55. The van der Waals surface area contributed by atoms with Crippen LogP contribution < -0.4 is 10.6 Å². The molecule has 0 bridgehead atoms. The van der Waals surface area contributed by atoms with Crippen LogP contribution >= 0.6 is 34.4 Å². The van der Waals surface area contributed by atoms with E-state index in [-0.39, 0.29) is 25.0 Å². The summed E-state index contributed by atoms with van der Waals surface area (Å²) >= 11 is 4.35. The molecule has 2 aromatic heterocycles. The Labute approximate surface area is 279 Å². The smallest absolute Gasteiger partial charge is 0.302 e. The first kappa shape index (κ1) is 34.9. The van der Waals surface area contributed by atoms with Crippen LogP contribution in [-0.4, -0.2) is 68.9 Å². The van der Waals surface area contributed by atoms with Gasteiger partial charge in [-0.05, 0) is 35.0 Å². The SMILES string of the molecule is CC(=O)OCC(C(=O)Nc1nnc(CCSCCc2nnc(NC(=O)C(COC(C)=O)c3ccccc3)s2)s1)C1=CC(C)CC=C1. The Bertz CT molecular complexity index is 1560. The lowest BCUT2D eigenvalue weighted by Gasteiger charge is -2.20. The van der Waals surface area contributed by atoms with Crippen LogP contribution in [0.1, 0.15) is 48.7 Å². The van der Waals surface area contributed by atoms with Crippen molar-refractivity contribution in [3.05, 3.63) is 69.7 Å². The average Bonchev–Trinajstić information content (AvgIpc) is 3.66. The summed E-state index contributed by atoms with van der Waals surface area (Å²) in [6, 6.07) is 9.13. The molecule has 1 aromatic carbocycles. The van der Waals surface area contributed by atoms with E-state index in [1.165, 1.54) is 36.5 Å². The number of allylic oxidation sites excluding steroid dienone is 3. The molecule has 2 amide bonds. The molecule has 0 spiro atoms. The number of thioether (sulfide) groups is 1. The van der Waals surface area contributed by atoms with Crippen molar-refractivity contribution in [1.82, 2.24) is 20.4 Å². The lowest BCUT2D eigenvalue weighted by molar-refractivity contribution is -0.143. The number of anilines is 2. The van der Waals surface area contributed by atoms with Crippen LogP contribution in [0, 0.1) is 11.8 Å². The van der Waals surface area contributed by atoms with E-state index < -0.39 is 23.8 Å². The number of aromatic nitrogens is 4. The number of benzene rings is 1. The second-order valence-corrected chi connectivity index (χ2v) is 13.8. The maximum Gasteiger partial charge on any atom is 0.302 e. The van der Waals surface area contributed by atoms with Gasteiger partial charge in [-0.25, -0.2) is 0 Å². The van der Waals surface area contributed by atoms with Crippen molar-refractivity contribution in [3.8, 4) is 0 Å². The molecule has 0 aliphatic heterocycles. The number of hydrogen-bond acceptors (Lipinski definition) is 13. The van der Waals surface area contributed by atoms with Gasteiger partial charge in [0.2, 0.25) is 22.1 Å². The summed E-state index contributed by atoms with van der Waals surface area (Å²) in [4.78, 5) is 48.8. The van der Waals surface area contributed by atoms with Crippen molar-refractivity contribution in [2.24, 2.45) is 11.8 Å². The minimum absolute atomic E-state index is 0.0425. The standard InChI is InChI=1S/C31H36N6O6S3/c1-19-8-7-11-23(16-19)25(18-43-21(3)39)29(41)33-31-37-35-27(46-31)13-15-44-14-12-26-34-36-30(45-26)32-28(40)24(17-42-20(2)38)22-9-5-4-6-10-22/h4-7,9-11,16,19,24-25H,8,12-15,17-18H2,1-3H3,(H,32,36,40)(H,33,37,41). The third kappa shape index (κ3) is 11.1. The van der Waals surface area contributed by atoms with Crippen molar-refractivity contribution >= 4 is 68.5 Å². The lowest BCUT2D eigenvalue weighted by atomic mass is 9.89. The Kier molecular flexibility index (Phi) is 13.4. The Morgan fingerprint density at radius 3 is 1.93 bits per heavy atom. The van der Waals surface area contributed by atoms with Crippen molar-refractivity contribution in [1.29, 1.82) is 0 Å². The Morgan fingerprint density at radius 1 is 0.848 bits per heavy atom. The van der Waals surface area contributed by atoms with Gasteiger partial charge in [0.25, 0.3) is 0 Å². The van der Waals surface area contributed by atoms with Crippen molar-refractivity contribution in [2.45, 2.75) is 46.0 Å². The fourth-order valence-corrected chi connectivity index (χ4v) is 7.08. The number of ether oxygens (including phenoxy) is 2. The van der Waals surface area contributed by atoms with Crippen LogP contribution in [0.15, 0.2) is 54.1 Å². The first-order valence-corrected chi connectivity index (χ1v) is 17.5. The molecule has 2 N–H and O–H groups in total. The molecule has 1 aliphatic rings. The van der Waals surface area contributed by atoms with Gasteiger partial charge < -0.3 is 9.47 Å². The molecule has 0 radical (unpaired) electrons. The highest BCUT2D eigenvalue weighted by atomic mass is 32.2. The molecule has 0 fully saturated rings. The summed E-state index contributed by atoms with van der Waals surface area (Å²) in [5.74, 6) is -0.926. The normalized spacial score (nSPS) is 15.4. The number of carbonyl (C=O) groups excluding carboxylic acids is 4. The highest BCUT2D eigenvalue weighted by Gasteiger charge is 2.26. The van der Waals surface area contributed by atoms with E-state index in [2.05, 4.69) is 38.0 Å². The topological polar surface area (TPSA) is 162 Å². The van der Waals surface area contributed by atoms with Gasteiger partial charge in [-0.1, -0.05) is 78.2 Å². The summed E-state index contributed by atoms with van der Waals surface area (Å²) < 4.78 is 10.3. The fourth-order valence-electron chi connectivity index (χ4n) is 4.45. The van der Waals surface area contributed by atoms with Gasteiger partial charge in [-0.3, -0.25) is 29.8 Å². The number of nitrogens with one attached hydrogen (secondary N) is 2. The minimum atomic E-state index is -0.667. The van der Waals surface area contributed by atoms with Crippen molar-refractivity contribution < 1.29 is 28.7 Å². The third-order valence-electron chi connectivity index (χ3n) is 6.75. The van der Waals surface area contributed by atoms with Crippen LogP contribution in [0.4, 0.5) is 10.3 Å². The van der Waals surface area contributed by atoms with Crippen LogP contribution in [0.2, 0.25) is 0 Å². The predicted molar refractivity (Wildman–Crippen MR) is 179 cm³/mol. The van der Waals surface area contributed by atoms with Crippen LogP contribution in [-0.2, 0) is 41.5 Å². The third-order valence-corrected chi connectivity index (χ3v) is 9.54. The first-order valence-electron chi connectivity index (χ1n) is 14.7. The number of carbonyl (C=O) groups is 4. The van der Waals surface area contributed by atoms with Gasteiger partial charge in [0.15, 0.2) is 0 Å². The zero-order chi connectivity index (χ0) is 32.9. The van der Waals surface area contributed by atoms with Gasteiger partial charge in [-0.2, -0.15) is 11.8 Å². The largest absolute Gasteiger partial charge is 0.465 e. The van der Waals surface area contributed by atoms with E-state index in [1.54, 1.807) is 11.8 Å². The van der Waals surface area contributed by atoms with E-state index in [0.29, 0.717) is 29.0 Å². The molecule has 3 unspecified atom stereocenters. The fraction of sp³-hybridized carbons (Fsp3) is 0.419. The molecule has 3 aromatic rings. The second kappa shape index (κ2) is 17.7. The van der Waals surface area contributed by atoms with Crippen molar-refractivity contribution in [2.75, 3.05) is 35.4 Å². The number of hydrogen-bond donors (Lipinski definition) is 2. The summed E-state index contributed by atoms with van der Waals surface area (Å²) in [6.07, 6.45) is 8.22. The van der Waals surface area contributed by atoms with E-state index in [1.807, 2.05) is 48.6 Å². The average molecular weight is 685 g/mol. The number of nitrogens with zero attached hydrogens (tertiary/aromatic N) is 4. The monoisotopic (exact) mass is 684 g/mol. The Hall–Kier alpha value is -3.95. The predicted octanol–water partition coefficient (Wildman–Crippen LogP) is 4.83. The van der Waals surface area contributed by atoms with Gasteiger partial charge in [-0.15, -0.1) is 20.4 Å². The van der Waals surface area contributed by atoms with E-state index in [0.717, 1.165) is 39.1 Å². The van der Waals surface area contributed by atoms with Crippen LogP contribution in [0.5, 0.6) is 0 Å². The molecule has 4 rings (SSSR count). The molecule has 1 aliphatic carbocycles. The number of aryl methyl sites for hydroxylation is 2. The molecule has 0 saturated carbocycles. The first-order chi connectivity index (χ1) is 22.2. The highest BCUT2D eigenvalue weighted by molar-refractivity contribution is 7.99. The molecule has 244 valence electrons. The summed E-state index contributed by atoms with van der Waals surface area (Å²) in [7, 11) is 0. The number of esters is 2. The zero-order valence-corrected chi connectivity index (χ0v) is 28.2. The van der Waals surface area contributed by atoms with E-state index >= 15 is 0 Å². The molecule has 46 heavy (non-hydrogen) atoms. The summed E-state index contributed by atoms with van der Waals surface area (Å²) in [5, 5.41) is 24.6. The van der Waals surface area contributed by atoms with Gasteiger partial charge in [0.05, 0.1) is 11.8 Å². The molecule has 15 heteroatoms. The maximum atomic E-state index is 13.1. The van der Waals surface area contributed by atoms with Gasteiger partial charge in [0.1, 0.15) is 23.2 Å². The highest BCUT2D eigenvalue weighted by Crippen LogP contribution is 2.26. The number of rotatable bonds is 16. The Balaban J connectivity index is 1.20. The van der Waals surface area contributed by atoms with Crippen LogP contribution in [0.3, 0.4) is 0 Å². The minimum Gasteiger partial charge on any atom is -0.465 e. The van der Waals surface area contributed by atoms with Crippen LogP contribution in [0.25, 0.3) is 0 Å². The maximum absolute atomic E-state index is 13.1. The lowest BCUT2D eigenvalue weighted by Crippen LogP contribution is -2.29. The van der Waals surface area contributed by atoms with E-state index in [4.69, 9.17) is 9.47 Å². The molecular weight excluding hydrogens is 649 g/mol. The Morgan fingerprint density at radius 2 is 1.39 bits per heavy atom. The molecule has 2 heterocycles. The summed E-state index contributed by atoms with van der Waals surface area (Å²) in [6.45, 7) is 4.59. The van der Waals surface area contributed by atoms with Gasteiger partial charge in [0, 0.05) is 26.7 Å². The van der Waals surface area contributed by atoms with E-state index in [9.17, 15) is 19.2 Å². The zero-order valence-electron chi connectivity index (χ0n) is 25.8. The quantitative estimate of drug-likeness (QED) is 0.157. The van der Waals surface area contributed by atoms with Gasteiger partial charge >= 0.3 is 11.9 Å². The number of amides is 2. The van der Waals surface area contributed by atoms with Crippen molar-refractivity contribution in [3.63, 3.8) is 0 Å². The second-order valence-electron chi connectivity index (χ2n) is 10.5. The molecule has 12 nitrogen and oxygen atoms in total. The molecule has 0 saturated heterocycles.